The Bertz CT molecular complexity index is 720. The molecule has 0 saturated carbocycles. The van der Waals surface area contributed by atoms with Crippen molar-refractivity contribution in [3.05, 3.63) is 52.6 Å². The molecule has 2 aromatic rings. The highest BCUT2D eigenvalue weighted by Gasteiger charge is 2.33. The number of aliphatic hydroxyl groups is 1. The molecule has 24 heavy (non-hydrogen) atoms. The molecule has 1 saturated heterocycles. The summed E-state index contributed by atoms with van der Waals surface area (Å²) in [6.45, 7) is 3.00. The summed E-state index contributed by atoms with van der Waals surface area (Å²) < 4.78 is 6.59. The van der Waals surface area contributed by atoms with Crippen LogP contribution in [-0.4, -0.2) is 40.1 Å². The fraction of sp³-hybridized carbons (Fsp3) is 0.333. The molecular weight excluding hydrogens is 372 g/mol. The zero-order valence-electron chi connectivity index (χ0n) is 13.4. The molecule has 0 spiro atoms. The van der Waals surface area contributed by atoms with Gasteiger partial charge in [-0.15, -0.1) is 0 Å². The summed E-state index contributed by atoms with van der Waals surface area (Å²) in [5, 5.41) is 9.95. The number of benzene rings is 1. The fourth-order valence-electron chi connectivity index (χ4n) is 2.82. The zero-order chi connectivity index (χ0) is 17.1. The van der Waals surface area contributed by atoms with Gasteiger partial charge in [-0.25, -0.2) is 4.98 Å². The minimum atomic E-state index is -0.439. The van der Waals surface area contributed by atoms with Crippen LogP contribution in [0.3, 0.4) is 0 Å². The van der Waals surface area contributed by atoms with Crippen LogP contribution < -0.4 is 4.74 Å². The summed E-state index contributed by atoms with van der Waals surface area (Å²) in [6, 6.07) is 10.8. The number of aromatic nitrogens is 1. The van der Waals surface area contributed by atoms with Gasteiger partial charge in [0.2, 0.25) is 5.88 Å². The Morgan fingerprint density at radius 3 is 2.83 bits per heavy atom. The van der Waals surface area contributed by atoms with Gasteiger partial charge in [0.1, 0.15) is 5.75 Å². The van der Waals surface area contributed by atoms with Crippen molar-refractivity contribution in [3.63, 3.8) is 0 Å². The van der Waals surface area contributed by atoms with Crippen LogP contribution >= 0.6 is 15.9 Å². The molecule has 1 aromatic carbocycles. The molecule has 126 valence electrons. The van der Waals surface area contributed by atoms with Crippen LogP contribution in [0.15, 0.2) is 47.1 Å². The summed E-state index contributed by atoms with van der Waals surface area (Å²) in [4.78, 5) is 18.4. The number of nitrogens with zero attached hydrogens (tertiary/aromatic N) is 2. The van der Waals surface area contributed by atoms with Crippen molar-refractivity contribution in [2.45, 2.75) is 19.4 Å². The average Bonchev–Trinajstić information content (AvgIpc) is 2.96. The average molecular weight is 391 g/mol. The van der Waals surface area contributed by atoms with Gasteiger partial charge in [0.15, 0.2) is 0 Å². The summed E-state index contributed by atoms with van der Waals surface area (Å²) in [7, 11) is 0. The predicted molar refractivity (Wildman–Crippen MR) is 94.1 cm³/mol. The number of ether oxygens (including phenoxy) is 1. The third-order valence-electron chi connectivity index (χ3n) is 4.22. The van der Waals surface area contributed by atoms with Crippen LogP contribution in [0, 0.1) is 5.92 Å². The topological polar surface area (TPSA) is 62.7 Å². The first-order valence-corrected chi connectivity index (χ1v) is 8.73. The van der Waals surface area contributed by atoms with Gasteiger partial charge < -0.3 is 14.7 Å². The lowest BCUT2D eigenvalue weighted by Crippen LogP contribution is -2.29. The molecule has 0 radical (unpaired) electrons. The lowest BCUT2D eigenvalue weighted by Gasteiger charge is -2.15. The highest BCUT2D eigenvalue weighted by atomic mass is 79.9. The Kier molecular flexibility index (Phi) is 5.16. The van der Waals surface area contributed by atoms with E-state index in [1.807, 2.05) is 31.2 Å². The second kappa shape index (κ2) is 7.32. The van der Waals surface area contributed by atoms with Gasteiger partial charge in [-0.3, -0.25) is 4.79 Å². The molecule has 1 aliphatic heterocycles. The molecule has 5 nitrogen and oxygen atoms in total. The number of halogens is 1. The van der Waals surface area contributed by atoms with Crippen LogP contribution in [0.25, 0.3) is 0 Å². The lowest BCUT2D eigenvalue weighted by atomic mass is 10.0. The van der Waals surface area contributed by atoms with E-state index >= 15 is 0 Å². The Morgan fingerprint density at radius 1 is 1.38 bits per heavy atom. The first kappa shape index (κ1) is 16.9. The van der Waals surface area contributed by atoms with Gasteiger partial charge in [-0.2, -0.15) is 0 Å². The van der Waals surface area contributed by atoms with Crippen LogP contribution in [-0.2, 0) is 0 Å². The molecule has 1 fully saturated rings. The largest absolute Gasteiger partial charge is 0.439 e. The summed E-state index contributed by atoms with van der Waals surface area (Å²) in [6.07, 6.45) is 1.94. The Hall–Kier alpha value is -1.92. The minimum Gasteiger partial charge on any atom is -0.439 e. The number of amides is 1. The Morgan fingerprint density at radius 2 is 2.21 bits per heavy atom. The monoisotopic (exact) mass is 390 g/mol. The van der Waals surface area contributed by atoms with Crippen LogP contribution in [0.2, 0.25) is 0 Å². The molecule has 2 heterocycles. The minimum absolute atomic E-state index is 0.105. The first-order chi connectivity index (χ1) is 11.6. The van der Waals surface area contributed by atoms with Crippen molar-refractivity contribution >= 4 is 21.8 Å². The smallest absolute Gasteiger partial charge is 0.255 e. The second-order valence-electron chi connectivity index (χ2n) is 5.89. The van der Waals surface area contributed by atoms with Gasteiger partial charge in [-0.05, 0) is 30.7 Å². The maximum atomic E-state index is 12.5. The Labute approximate surface area is 149 Å². The molecule has 0 aliphatic carbocycles. The molecule has 2 unspecified atom stereocenters. The van der Waals surface area contributed by atoms with Crippen molar-refractivity contribution in [2.75, 3.05) is 13.1 Å². The number of carbonyl (C=O) groups excluding carboxylic acids is 1. The van der Waals surface area contributed by atoms with Gasteiger partial charge in [-0.1, -0.05) is 28.9 Å². The number of carbonyl (C=O) groups is 1. The molecule has 1 amide bonds. The van der Waals surface area contributed by atoms with Gasteiger partial charge in [0.25, 0.3) is 5.91 Å². The van der Waals surface area contributed by atoms with E-state index in [1.54, 1.807) is 17.0 Å². The number of β-amino-alcohol motifs (C(OH)–C–C–N with tert-alkyl or cyclic N) is 1. The number of aliphatic hydroxyl groups excluding tert-OH is 1. The summed E-state index contributed by atoms with van der Waals surface area (Å²) >= 11 is 3.39. The van der Waals surface area contributed by atoms with Gasteiger partial charge in [0.05, 0.1) is 11.7 Å². The number of hydrogen-bond acceptors (Lipinski definition) is 4. The number of pyridine rings is 1. The lowest BCUT2D eigenvalue weighted by molar-refractivity contribution is 0.0764. The third-order valence-corrected chi connectivity index (χ3v) is 4.71. The molecular formula is C18H19BrN2O3. The maximum Gasteiger partial charge on any atom is 0.255 e. The van der Waals surface area contributed by atoms with Gasteiger partial charge in [0, 0.05) is 35.7 Å². The van der Waals surface area contributed by atoms with E-state index in [9.17, 15) is 9.90 Å². The number of likely N-dealkylation sites (tertiary alicyclic amines) is 1. The van der Waals surface area contributed by atoms with E-state index in [2.05, 4.69) is 20.9 Å². The van der Waals surface area contributed by atoms with E-state index in [0.29, 0.717) is 30.3 Å². The number of hydrogen-bond donors (Lipinski definition) is 1. The van der Waals surface area contributed by atoms with Crippen LogP contribution in [0.1, 0.15) is 23.7 Å². The molecule has 1 N–H and O–H groups in total. The van der Waals surface area contributed by atoms with E-state index in [0.717, 1.165) is 10.9 Å². The summed E-state index contributed by atoms with van der Waals surface area (Å²) in [5.74, 6) is 1.15. The standard InChI is InChI=1S/C18H19BrN2O3/c1-2-12-10-21(11-16(12)22)18(23)13-6-7-17(20-9-13)24-15-5-3-4-14(19)8-15/h3-9,12,16,22H,2,10-11H2,1H3. The highest BCUT2D eigenvalue weighted by molar-refractivity contribution is 9.10. The molecule has 2 atom stereocenters. The molecule has 1 aromatic heterocycles. The van der Waals surface area contributed by atoms with Crippen molar-refractivity contribution in [3.8, 4) is 11.6 Å². The van der Waals surface area contributed by atoms with Crippen LogP contribution in [0.4, 0.5) is 0 Å². The van der Waals surface area contributed by atoms with Crippen molar-refractivity contribution in [1.82, 2.24) is 9.88 Å². The summed E-state index contributed by atoms with van der Waals surface area (Å²) in [5.41, 5.74) is 0.501. The Balaban J connectivity index is 1.67. The highest BCUT2D eigenvalue weighted by Crippen LogP contribution is 2.24. The van der Waals surface area contributed by atoms with Crippen molar-refractivity contribution in [1.29, 1.82) is 0 Å². The van der Waals surface area contributed by atoms with E-state index in [-0.39, 0.29) is 11.8 Å². The van der Waals surface area contributed by atoms with Gasteiger partial charge >= 0.3 is 0 Å². The number of rotatable bonds is 4. The van der Waals surface area contributed by atoms with E-state index in [4.69, 9.17) is 4.74 Å². The quantitative estimate of drug-likeness (QED) is 0.867. The van der Waals surface area contributed by atoms with Crippen molar-refractivity contribution < 1.29 is 14.6 Å². The molecule has 0 bridgehead atoms. The zero-order valence-corrected chi connectivity index (χ0v) is 14.9. The predicted octanol–water partition coefficient (Wildman–Crippen LogP) is 3.48. The maximum absolute atomic E-state index is 12.5. The first-order valence-electron chi connectivity index (χ1n) is 7.93. The van der Waals surface area contributed by atoms with E-state index < -0.39 is 6.10 Å². The van der Waals surface area contributed by atoms with Crippen molar-refractivity contribution in [2.24, 2.45) is 5.92 Å². The fourth-order valence-corrected chi connectivity index (χ4v) is 3.20. The van der Waals surface area contributed by atoms with Crippen LogP contribution in [0.5, 0.6) is 11.6 Å². The molecule has 1 aliphatic rings. The SMILES string of the molecule is CCC1CN(C(=O)c2ccc(Oc3cccc(Br)c3)nc2)CC1O. The second-order valence-corrected chi connectivity index (χ2v) is 6.81. The molecule has 6 heteroatoms. The normalized spacial score (nSPS) is 20.2. The third kappa shape index (κ3) is 3.76. The van der Waals surface area contributed by atoms with E-state index in [1.165, 1.54) is 6.20 Å². The molecule has 3 rings (SSSR count).